The van der Waals surface area contributed by atoms with Crippen molar-refractivity contribution in [3.05, 3.63) is 52.4 Å². The van der Waals surface area contributed by atoms with Gasteiger partial charge in [0.2, 0.25) is 5.69 Å². The van der Waals surface area contributed by atoms with Crippen molar-refractivity contribution in [2.75, 3.05) is 25.6 Å². The van der Waals surface area contributed by atoms with Crippen molar-refractivity contribution in [3.8, 4) is 0 Å². The van der Waals surface area contributed by atoms with Crippen LogP contribution < -0.4 is 5.32 Å². The quantitative estimate of drug-likeness (QED) is 0.502. The van der Waals surface area contributed by atoms with E-state index in [2.05, 4.69) is 15.3 Å². The summed E-state index contributed by atoms with van der Waals surface area (Å²) in [6, 6.07) is 2.82. The zero-order chi connectivity index (χ0) is 26.2. The molecule has 3 amide bonds. The van der Waals surface area contributed by atoms with Gasteiger partial charge in [0.15, 0.2) is 0 Å². The first-order valence-electron chi connectivity index (χ1n) is 10.9. The molecule has 2 aliphatic rings. The number of hydroxylamine groups is 2. The summed E-state index contributed by atoms with van der Waals surface area (Å²) in [5.41, 5.74) is 1.28. The molecule has 0 aliphatic carbocycles. The number of alkyl halides is 3. The molecule has 1 aromatic heterocycles. The molecule has 36 heavy (non-hydrogen) atoms. The van der Waals surface area contributed by atoms with Gasteiger partial charge in [0, 0.05) is 30.8 Å². The lowest BCUT2D eigenvalue weighted by Gasteiger charge is -2.33. The van der Waals surface area contributed by atoms with Gasteiger partial charge in [-0.3, -0.25) is 14.3 Å². The Morgan fingerprint density at radius 1 is 1.39 bits per heavy atom. The van der Waals surface area contributed by atoms with E-state index in [1.54, 1.807) is 6.92 Å². The summed E-state index contributed by atoms with van der Waals surface area (Å²) in [6.07, 6.45) is -5.06. The lowest BCUT2D eigenvalue weighted by Crippen LogP contribution is -2.45. The predicted molar refractivity (Wildman–Crippen MR) is 116 cm³/mol. The van der Waals surface area contributed by atoms with E-state index in [-0.39, 0.29) is 36.2 Å². The van der Waals surface area contributed by atoms with E-state index in [0.29, 0.717) is 17.7 Å². The van der Waals surface area contributed by atoms with Gasteiger partial charge in [0.05, 0.1) is 32.0 Å². The summed E-state index contributed by atoms with van der Waals surface area (Å²) in [5, 5.41) is 8.05. The van der Waals surface area contributed by atoms with Gasteiger partial charge in [-0.2, -0.15) is 18.3 Å². The number of aromatic nitrogens is 2. The first-order valence-corrected chi connectivity index (χ1v) is 10.9. The number of carbonyl (C=O) groups excluding carboxylic acids is 2. The third-order valence-corrected chi connectivity index (χ3v) is 5.80. The molecule has 0 saturated heterocycles. The molecule has 3 heterocycles. The lowest BCUT2D eigenvalue weighted by molar-refractivity contribution is -0.202. The lowest BCUT2D eigenvalue weighted by atomic mass is 9.99. The van der Waals surface area contributed by atoms with Gasteiger partial charge in [-0.15, -0.1) is 0 Å². The Bertz CT molecular complexity index is 1220. The Balaban J connectivity index is 1.54. The van der Waals surface area contributed by atoms with Crippen molar-refractivity contribution in [3.63, 3.8) is 0 Å². The topological polar surface area (TPSA) is 93.3 Å². The monoisotopic (exact) mass is 510 g/mol. The summed E-state index contributed by atoms with van der Waals surface area (Å²) in [6.45, 7) is 6.98. The number of urea groups is 1. The molecule has 2 aromatic rings. The van der Waals surface area contributed by atoms with Crippen molar-refractivity contribution >= 4 is 23.3 Å². The second kappa shape index (κ2) is 9.75. The summed E-state index contributed by atoms with van der Waals surface area (Å²) >= 11 is 0. The first kappa shape index (κ1) is 25.4. The zero-order valence-electron chi connectivity index (χ0n) is 19.3. The van der Waals surface area contributed by atoms with E-state index in [4.69, 9.17) is 16.1 Å². The number of fused-ring (bicyclic) bond motifs is 3. The average molecular weight is 510 g/mol. The molecule has 0 radical (unpaired) electrons. The van der Waals surface area contributed by atoms with Crippen LogP contribution in [0.4, 0.5) is 33.7 Å². The number of nitrogens with one attached hydrogen (secondary N) is 1. The molecule has 0 unspecified atom stereocenters. The number of hydrogen-bond acceptors (Lipinski definition) is 5. The number of nitrogens with zero attached hydrogens (tertiary/aromatic N) is 5. The van der Waals surface area contributed by atoms with E-state index < -0.39 is 43.2 Å². The fourth-order valence-corrected chi connectivity index (χ4v) is 4.15. The largest absolute Gasteiger partial charge is 0.411 e. The molecule has 14 heteroatoms. The molecular weight excluding hydrogens is 488 g/mol. The van der Waals surface area contributed by atoms with E-state index in [0.717, 1.165) is 11.1 Å². The van der Waals surface area contributed by atoms with E-state index in [1.165, 1.54) is 28.8 Å². The number of benzene rings is 1. The van der Waals surface area contributed by atoms with Crippen LogP contribution in [0.25, 0.3) is 4.85 Å². The second-order valence-corrected chi connectivity index (χ2v) is 8.51. The third-order valence-electron chi connectivity index (χ3n) is 5.80. The Hall–Kier alpha value is -3.70. The standard InChI is InChI=1S/C22H22F4N6O4/c1-12-6-17-15(9-31(12)21(34)28-13-4-5-16(23)18(7-13)27-2)19-20(33)30(3)36-14(8-32(19)29-17)10-35-11-22(24,25)26/h4-5,7,12,14H,6,8-11H2,1,3H3,(H,28,34)/t12-,14+/m1/s1. The van der Waals surface area contributed by atoms with Gasteiger partial charge in [0.1, 0.15) is 24.2 Å². The predicted octanol–water partition coefficient (Wildman–Crippen LogP) is 3.52. The highest BCUT2D eigenvalue weighted by Gasteiger charge is 2.38. The number of rotatable bonds is 4. The van der Waals surface area contributed by atoms with Crippen LogP contribution in [0.2, 0.25) is 0 Å². The maximum Gasteiger partial charge on any atom is 0.411 e. The maximum atomic E-state index is 13.6. The molecule has 2 aliphatic heterocycles. The molecular formula is C22H22F4N6O4. The molecule has 0 saturated carbocycles. The number of anilines is 1. The minimum atomic E-state index is -4.49. The second-order valence-electron chi connectivity index (χ2n) is 8.51. The molecule has 2 atom stereocenters. The Morgan fingerprint density at radius 3 is 2.83 bits per heavy atom. The number of ether oxygens (including phenoxy) is 1. The smallest absolute Gasteiger partial charge is 0.369 e. The van der Waals surface area contributed by atoms with E-state index in [9.17, 15) is 27.2 Å². The molecule has 1 N–H and O–H groups in total. The average Bonchev–Trinajstić information content (AvgIpc) is 3.08. The number of hydrogen-bond donors (Lipinski definition) is 1. The molecule has 4 rings (SSSR count). The van der Waals surface area contributed by atoms with Crippen molar-refractivity contribution in [1.29, 1.82) is 0 Å². The van der Waals surface area contributed by atoms with Crippen LogP contribution in [-0.2, 0) is 29.1 Å². The minimum absolute atomic E-state index is 0.0220. The number of amides is 3. The van der Waals surface area contributed by atoms with Gasteiger partial charge in [0.25, 0.3) is 5.91 Å². The molecule has 0 fully saturated rings. The molecule has 0 bridgehead atoms. The first-order chi connectivity index (χ1) is 17.0. The van der Waals surface area contributed by atoms with Crippen LogP contribution in [-0.4, -0.2) is 70.3 Å². The van der Waals surface area contributed by atoms with Crippen LogP contribution in [0.15, 0.2) is 18.2 Å². The van der Waals surface area contributed by atoms with Gasteiger partial charge >= 0.3 is 12.2 Å². The van der Waals surface area contributed by atoms with Crippen LogP contribution in [0.1, 0.15) is 28.7 Å². The van der Waals surface area contributed by atoms with Crippen LogP contribution in [0, 0.1) is 12.4 Å². The Labute approximate surface area is 203 Å². The fraction of sp³-hybridized carbons (Fsp3) is 0.455. The highest BCUT2D eigenvalue weighted by Crippen LogP contribution is 2.30. The van der Waals surface area contributed by atoms with Gasteiger partial charge in [-0.25, -0.2) is 19.1 Å². The van der Waals surface area contributed by atoms with Crippen molar-refractivity contribution in [1.82, 2.24) is 19.7 Å². The highest BCUT2D eigenvalue weighted by molar-refractivity contribution is 5.94. The third kappa shape index (κ3) is 5.26. The van der Waals surface area contributed by atoms with Crippen molar-refractivity contribution < 1.29 is 36.7 Å². The molecule has 0 spiro atoms. The Morgan fingerprint density at radius 2 is 2.14 bits per heavy atom. The highest BCUT2D eigenvalue weighted by atomic mass is 19.4. The van der Waals surface area contributed by atoms with Gasteiger partial charge in [-0.05, 0) is 25.1 Å². The van der Waals surface area contributed by atoms with Gasteiger partial charge in [-0.1, -0.05) is 0 Å². The fourth-order valence-electron chi connectivity index (χ4n) is 4.15. The number of halogens is 4. The molecule has 10 nitrogen and oxygen atoms in total. The van der Waals surface area contributed by atoms with Crippen LogP contribution in [0.3, 0.4) is 0 Å². The number of carbonyl (C=O) groups is 2. The van der Waals surface area contributed by atoms with E-state index in [1.807, 2.05) is 0 Å². The van der Waals surface area contributed by atoms with Crippen molar-refractivity contribution in [2.24, 2.45) is 0 Å². The SMILES string of the molecule is [C-]#[N+]c1cc(NC(=O)N2Cc3c(nn4c3C(=O)N(C)O[C@H](COCC(F)(F)F)C4)C[C@H]2C)ccc1F. The summed E-state index contributed by atoms with van der Waals surface area (Å²) in [5.74, 6) is -1.26. The van der Waals surface area contributed by atoms with Crippen LogP contribution >= 0.6 is 0 Å². The van der Waals surface area contributed by atoms with E-state index >= 15 is 0 Å². The normalized spacial score (nSPS) is 19.9. The van der Waals surface area contributed by atoms with Crippen molar-refractivity contribution in [2.45, 2.75) is 44.8 Å². The summed E-state index contributed by atoms with van der Waals surface area (Å²) in [4.78, 5) is 36.1. The maximum absolute atomic E-state index is 13.6. The Kier molecular flexibility index (Phi) is 6.87. The minimum Gasteiger partial charge on any atom is -0.369 e. The summed E-state index contributed by atoms with van der Waals surface area (Å²) < 4.78 is 57.0. The zero-order valence-corrected chi connectivity index (χ0v) is 19.3. The molecule has 1 aromatic carbocycles. The van der Waals surface area contributed by atoms with Gasteiger partial charge < -0.3 is 15.0 Å². The van der Waals surface area contributed by atoms with Crippen LogP contribution in [0.5, 0.6) is 0 Å². The molecule has 192 valence electrons. The summed E-state index contributed by atoms with van der Waals surface area (Å²) in [7, 11) is 1.34.